The third-order valence-corrected chi connectivity index (χ3v) is 9.15. The standard InChI is InChI=1S/C10H19N.C9H18N2O.C6H14N2.3C3H8/c1-9-3-2-4-10(9)5-7-11-8-6-10;1-7-8(10)9(6-12-7)2-4-11-5-3-9;1-6(7)2-4-8-5-3-6;3*1-3-2/h9,11H,2-8H2,1H3;7-8,11H,2-6,10H2,1H3;8H,2-5,7H2,1H3;3*3H2,1-2H3/t9-;7-,8+;;;;/m10..../s1. The molecule has 5 aliphatic rings. The van der Waals surface area contributed by atoms with Crippen LogP contribution in [0.5, 0.6) is 0 Å². The van der Waals surface area contributed by atoms with Gasteiger partial charge in [0.2, 0.25) is 0 Å². The van der Waals surface area contributed by atoms with Crippen molar-refractivity contribution < 1.29 is 4.74 Å². The van der Waals surface area contributed by atoms with Crippen molar-refractivity contribution in [3.05, 3.63) is 0 Å². The highest BCUT2D eigenvalue weighted by Crippen LogP contribution is 2.49. The number of hydrogen-bond donors (Lipinski definition) is 5. The molecule has 0 aromatic rings. The maximum Gasteiger partial charge on any atom is 0.0704 e. The molecule has 4 saturated heterocycles. The summed E-state index contributed by atoms with van der Waals surface area (Å²) in [5.41, 5.74) is 13.2. The van der Waals surface area contributed by atoms with Crippen LogP contribution >= 0.6 is 0 Å². The van der Waals surface area contributed by atoms with E-state index in [2.05, 4.69) is 78.3 Å². The molecule has 0 radical (unpaired) electrons. The van der Waals surface area contributed by atoms with Crippen molar-refractivity contribution in [3.63, 3.8) is 0 Å². The number of nitrogens with one attached hydrogen (secondary N) is 3. The molecule has 40 heavy (non-hydrogen) atoms. The Morgan fingerprint density at radius 2 is 1.02 bits per heavy atom. The van der Waals surface area contributed by atoms with E-state index in [4.69, 9.17) is 16.2 Å². The number of ether oxygens (including phenoxy) is 1. The van der Waals surface area contributed by atoms with Gasteiger partial charge in [-0.3, -0.25) is 0 Å². The molecule has 0 aromatic carbocycles. The van der Waals surface area contributed by atoms with Crippen LogP contribution in [0.15, 0.2) is 0 Å². The van der Waals surface area contributed by atoms with Gasteiger partial charge >= 0.3 is 0 Å². The molecule has 7 N–H and O–H groups in total. The summed E-state index contributed by atoms with van der Waals surface area (Å²) in [6.45, 7) is 27.2. The first-order valence-corrected chi connectivity index (χ1v) is 17.3. The highest BCUT2D eigenvalue weighted by Gasteiger charge is 2.46. The summed E-state index contributed by atoms with van der Waals surface area (Å²) in [6.07, 6.45) is 16.0. The summed E-state index contributed by atoms with van der Waals surface area (Å²) in [5, 5.41) is 10.1. The Morgan fingerprint density at radius 3 is 1.30 bits per heavy atom. The van der Waals surface area contributed by atoms with Gasteiger partial charge in [0.05, 0.1) is 12.7 Å². The summed E-state index contributed by atoms with van der Waals surface area (Å²) in [7, 11) is 0. The largest absolute Gasteiger partial charge is 0.376 e. The highest BCUT2D eigenvalue weighted by molar-refractivity contribution is 4.99. The molecule has 6 heteroatoms. The molecule has 242 valence electrons. The Bertz CT molecular complexity index is 554. The van der Waals surface area contributed by atoms with Crippen molar-refractivity contribution in [1.29, 1.82) is 0 Å². The van der Waals surface area contributed by atoms with Crippen LogP contribution in [-0.4, -0.2) is 63.6 Å². The van der Waals surface area contributed by atoms with E-state index in [1.807, 2.05) is 0 Å². The Balaban J connectivity index is 0.000000503. The SMILES string of the molecule is CC1(N)CCNCC1.CCC.CCC.CCC.C[C@@H]1CCCC12CCNCC2.C[C@@H]1OCC2(CCNCC2)[C@@H]1N. The lowest BCUT2D eigenvalue weighted by Crippen LogP contribution is -2.49. The highest BCUT2D eigenvalue weighted by atomic mass is 16.5. The van der Waals surface area contributed by atoms with Crippen LogP contribution in [0.3, 0.4) is 0 Å². The normalized spacial score (nSPS) is 29.0. The lowest BCUT2D eigenvalue weighted by Gasteiger charge is -2.37. The third-order valence-electron chi connectivity index (χ3n) is 9.15. The molecule has 5 fully saturated rings. The van der Waals surface area contributed by atoms with Gasteiger partial charge < -0.3 is 32.2 Å². The van der Waals surface area contributed by atoms with E-state index in [0.717, 1.165) is 57.0 Å². The molecular weight excluding hydrogens is 494 g/mol. The van der Waals surface area contributed by atoms with E-state index >= 15 is 0 Å². The average molecular weight is 570 g/mol. The Hall–Kier alpha value is -0.240. The molecule has 2 spiro atoms. The molecule has 5 rings (SSSR count). The molecule has 0 aromatic heterocycles. The van der Waals surface area contributed by atoms with Gasteiger partial charge in [0.25, 0.3) is 0 Å². The number of piperidine rings is 3. The van der Waals surface area contributed by atoms with Crippen molar-refractivity contribution in [3.8, 4) is 0 Å². The van der Waals surface area contributed by atoms with Crippen molar-refractivity contribution in [2.75, 3.05) is 45.9 Å². The minimum atomic E-state index is 0.116. The predicted octanol–water partition coefficient (Wildman–Crippen LogP) is 6.61. The van der Waals surface area contributed by atoms with E-state index in [-0.39, 0.29) is 17.7 Å². The summed E-state index contributed by atoms with van der Waals surface area (Å²) in [5.74, 6) is 1.00. The van der Waals surface area contributed by atoms with Crippen LogP contribution in [0.25, 0.3) is 0 Å². The van der Waals surface area contributed by atoms with Crippen LogP contribution in [0, 0.1) is 16.7 Å². The topological polar surface area (TPSA) is 97.4 Å². The molecule has 4 aliphatic heterocycles. The first-order chi connectivity index (χ1) is 19.0. The monoisotopic (exact) mass is 570 g/mol. The van der Waals surface area contributed by atoms with Crippen LogP contribution in [0.1, 0.15) is 139 Å². The second-order valence-corrected chi connectivity index (χ2v) is 13.6. The Kier molecular flexibility index (Phi) is 22.2. The van der Waals surface area contributed by atoms with E-state index < -0.39 is 0 Å². The van der Waals surface area contributed by atoms with E-state index in [1.54, 1.807) is 0 Å². The maximum absolute atomic E-state index is 6.14. The minimum absolute atomic E-state index is 0.116. The minimum Gasteiger partial charge on any atom is -0.376 e. The zero-order chi connectivity index (χ0) is 30.5. The third kappa shape index (κ3) is 14.8. The van der Waals surface area contributed by atoms with Crippen LogP contribution in [0.4, 0.5) is 0 Å². The lowest BCUT2D eigenvalue weighted by molar-refractivity contribution is 0.0952. The molecule has 0 unspecified atom stereocenters. The summed E-state index contributed by atoms with van der Waals surface area (Å²) >= 11 is 0. The Labute approximate surface area is 251 Å². The fraction of sp³-hybridized carbons (Fsp3) is 1.00. The summed E-state index contributed by atoms with van der Waals surface area (Å²) < 4.78 is 5.61. The maximum atomic E-state index is 6.14. The Morgan fingerprint density at radius 1 is 0.650 bits per heavy atom. The molecule has 4 heterocycles. The number of hydrogen-bond acceptors (Lipinski definition) is 6. The quantitative estimate of drug-likeness (QED) is 0.225. The lowest BCUT2D eigenvalue weighted by atomic mass is 9.72. The smallest absolute Gasteiger partial charge is 0.0704 e. The van der Waals surface area contributed by atoms with Crippen molar-refractivity contribution in [2.24, 2.45) is 28.2 Å². The molecule has 6 nitrogen and oxygen atoms in total. The predicted molar refractivity (Wildman–Crippen MR) is 178 cm³/mol. The average Bonchev–Trinajstić information content (AvgIpc) is 3.41. The fourth-order valence-electron chi connectivity index (χ4n) is 6.38. The van der Waals surface area contributed by atoms with Crippen LogP contribution < -0.4 is 27.4 Å². The van der Waals surface area contributed by atoms with Gasteiger partial charge in [-0.05, 0) is 109 Å². The first kappa shape index (κ1) is 39.8. The molecular formula is C34H75N5O. The second-order valence-electron chi connectivity index (χ2n) is 13.6. The summed E-state index contributed by atoms with van der Waals surface area (Å²) in [4.78, 5) is 0. The van der Waals surface area contributed by atoms with Crippen molar-refractivity contribution in [1.82, 2.24) is 16.0 Å². The summed E-state index contributed by atoms with van der Waals surface area (Å²) in [6, 6.07) is 0.250. The zero-order valence-electron chi connectivity index (χ0n) is 28.7. The van der Waals surface area contributed by atoms with Gasteiger partial charge in [-0.25, -0.2) is 0 Å². The molecule has 1 aliphatic carbocycles. The van der Waals surface area contributed by atoms with Gasteiger partial charge in [-0.2, -0.15) is 0 Å². The molecule has 0 amide bonds. The van der Waals surface area contributed by atoms with E-state index in [9.17, 15) is 0 Å². The van der Waals surface area contributed by atoms with Gasteiger partial charge in [0.15, 0.2) is 0 Å². The first-order valence-electron chi connectivity index (χ1n) is 17.3. The number of rotatable bonds is 0. The van der Waals surface area contributed by atoms with Crippen LogP contribution in [-0.2, 0) is 4.74 Å². The van der Waals surface area contributed by atoms with E-state index in [0.29, 0.717) is 5.41 Å². The van der Waals surface area contributed by atoms with Crippen molar-refractivity contribution in [2.45, 2.75) is 157 Å². The molecule has 0 bridgehead atoms. The van der Waals surface area contributed by atoms with Gasteiger partial charge in [0, 0.05) is 17.0 Å². The fourth-order valence-corrected chi connectivity index (χ4v) is 6.38. The van der Waals surface area contributed by atoms with Gasteiger partial charge in [0.1, 0.15) is 0 Å². The molecule has 3 atom stereocenters. The molecule has 1 saturated carbocycles. The second kappa shape index (κ2) is 22.3. The number of nitrogens with two attached hydrogens (primary N) is 2. The van der Waals surface area contributed by atoms with E-state index in [1.165, 1.54) is 77.3 Å². The van der Waals surface area contributed by atoms with Gasteiger partial charge in [-0.1, -0.05) is 80.6 Å². The van der Waals surface area contributed by atoms with Crippen LogP contribution in [0.2, 0.25) is 0 Å². The zero-order valence-corrected chi connectivity index (χ0v) is 28.7. The van der Waals surface area contributed by atoms with Gasteiger partial charge in [-0.15, -0.1) is 0 Å². The van der Waals surface area contributed by atoms with Crippen molar-refractivity contribution >= 4 is 0 Å².